The van der Waals surface area contributed by atoms with E-state index >= 15 is 0 Å². The predicted molar refractivity (Wildman–Crippen MR) is 80.6 cm³/mol. The topological polar surface area (TPSA) is 38.0 Å². The summed E-state index contributed by atoms with van der Waals surface area (Å²) in [7, 11) is 2.06. The summed E-state index contributed by atoms with van der Waals surface area (Å²) in [5.41, 5.74) is 9.10. The van der Waals surface area contributed by atoms with Gasteiger partial charge in [0.15, 0.2) is 0 Å². The molecule has 18 heavy (non-hydrogen) atoms. The Labute approximate surface area is 118 Å². The lowest BCUT2D eigenvalue weighted by molar-refractivity contribution is 0.266. The van der Waals surface area contributed by atoms with E-state index in [2.05, 4.69) is 53.4 Å². The minimum absolute atomic E-state index is 0.181. The summed E-state index contributed by atoms with van der Waals surface area (Å²) >= 11 is 3.54. The van der Waals surface area contributed by atoms with Gasteiger partial charge in [0.1, 0.15) is 0 Å². The molecule has 0 amide bonds. The summed E-state index contributed by atoms with van der Waals surface area (Å²) in [6, 6.07) is 7.30. The number of nitrogens with one attached hydrogen (secondary N) is 1. The Morgan fingerprint density at radius 2 is 1.94 bits per heavy atom. The summed E-state index contributed by atoms with van der Waals surface area (Å²) in [6.45, 7) is 2.15. The third-order valence-corrected chi connectivity index (χ3v) is 4.78. The first-order valence-electron chi connectivity index (χ1n) is 6.80. The molecular formula is C15H23BrN2. The molecule has 0 bridgehead atoms. The van der Waals surface area contributed by atoms with Crippen molar-refractivity contribution >= 4 is 15.9 Å². The van der Waals surface area contributed by atoms with Crippen molar-refractivity contribution in [2.45, 2.75) is 44.7 Å². The quantitative estimate of drug-likeness (QED) is 0.896. The second kappa shape index (κ2) is 6.18. The minimum Gasteiger partial charge on any atom is -0.324 e. The van der Waals surface area contributed by atoms with E-state index in [4.69, 9.17) is 5.73 Å². The van der Waals surface area contributed by atoms with Gasteiger partial charge in [-0.2, -0.15) is 0 Å². The Morgan fingerprint density at radius 1 is 1.28 bits per heavy atom. The molecule has 1 atom stereocenters. The van der Waals surface area contributed by atoms with Crippen LogP contribution in [0.4, 0.5) is 0 Å². The molecule has 3 heteroatoms. The molecule has 0 saturated heterocycles. The second-order valence-electron chi connectivity index (χ2n) is 5.43. The maximum Gasteiger partial charge on any atom is 0.0326 e. The molecule has 0 aliphatic heterocycles. The van der Waals surface area contributed by atoms with E-state index in [-0.39, 0.29) is 6.04 Å². The van der Waals surface area contributed by atoms with Gasteiger partial charge in [-0.05, 0) is 68.8 Å². The average molecular weight is 311 g/mol. The molecule has 0 heterocycles. The van der Waals surface area contributed by atoms with Crippen molar-refractivity contribution in [3.05, 3.63) is 33.8 Å². The highest BCUT2D eigenvalue weighted by Gasteiger charge is 2.26. The van der Waals surface area contributed by atoms with E-state index < -0.39 is 0 Å². The molecule has 1 aliphatic carbocycles. The predicted octanol–water partition coefficient (Wildman–Crippen LogP) is 3.54. The lowest BCUT2D eigenvalue weighted by Crippen LogP contribution is -2.34. The summed E-state index contributed by atoms with van der Waals surface area (Å²) in [4.78, 5) is 0. The Kier molecular flexibility index (Phi) is 4.82. The first-order valence-corrected chi connectivity index (χ1v) is 7.60. The molecule has 2 nitrogen and oxygen atoms in total. The van der Waals surface area contributed by atoms with Crippen LogP contribution in [0.1, 0.15) is 42.9 Å². The first-order chi connectivity index (χ1) is 8.61. The third kappa shape index (κ3) is 3.14. The Bertz CT molecular complexity index is 397. The van der Waals surface area contributed by atoms with Crippen LogP contribution in [-0.4, -0.2) is 13.1 Å². The maximum atomic E-state index is 6.49. The summed E-state index contributed by atoms with van der Waals surface area (Å²) in [5, 5.41) is 3.38. The fourth-order valence-corrected chi connectivity index (χ4v) is 3.37. The van der Waals surface area contributed by atoms with Crippen LogP contribution in [0, 0.1) is 12.8 Å². The molecule has 1 aromatic rings. The smallest absolute Gasteiger partial charge is 0.0326 e. The number of halogens is 1. The Hall–Kier alpha value is -0.380. The van der Waals surface area contributed by atoms with Crippen LogP contribution in [0.15, 0.2) is 22.7 Å². The molecule has 0 spiro atoms. The monoisotopic (exact) mass is 310 g/mol. The molecule has 2 rings (SSSR count). The van der Waals surface area contributed by atoms with Gasteiger partial charge in [-0.15, -0.1) is 0 Å². The molecular weight excluding hydrogens is 288 g/mol. The highest BCUT2D eigenvalue weighted by atomic mass is 79.9. The maximum absolute atomic E-state index is 6.49. The van der Waals surface area contributed by atoms with Crippen molar-refractivity contribution in [1.29, 1.82) is 0 Å². The first kappa shape index (κ1) is 14.0. The van der Waals surface area contributed by atoms with Gasteiger partial charge < -0.3 is 11.1 Å². The lowest BCUT2D eigenvalue weighted by atomic mass is 9.79. The van der Waals surface area contributed by atoms with E-state index in [0.29, 0.717) is 12.0 Å². The van der Waals surface area contributed by atoms with Crippen molar-refractivity contribution in [3.63, 3.8) is 0 Å². The van der Waals surface area contributed by atoms with Gasteiger partial charge >= 0.3 is 0 Å². The van der Waals surface area contributed by atoms with Crippen molar-refractivity contribution in [3.8, 4) is 0 Å². The normalized spacial score (nSPS) is 26.0. The molecule has 0 aromatic heterocycles. The fraction of sp³-hybridized carbons (Fsp3) is 0.600. The van der Waals surface area contributed by atoms with Crippen LogP contribution in [0.2, 0.25) is 0 Å². The molecule has 100 valence electrons. The largest absolute Gasteiger partial charge is 0.324 e. The highest BCUT2D eigenvalue weighted by molar-refractivity contribution is 9.10. The number of hydrogen-bond acceptors (Lipinski definition) is 2. The van der Waals surface area contributed by atoms with Gasteiger partial charge in [0, 0.05) is 16.6 Å². The van der Waals surface area contributed by atoms with E-state index in [0.717, 1.165) is 4.47 Å². The van der Waals surface area contributed by atoms with Crippen molar-refractivity contribution in [2.24, 2.45) is 11.7 Å². The van der Waals surface area contributed by atoms with Crippen LogP contribution in [0.5, 0.6) is 0 Å². The summed E-state index contributed by atoms with van der Waals surface area (Å²) in [5.74, 6) is 0.627. The van der Waals surface area contributed by atoms with Crippen LogP contribution < -0.4 is 11.1 Å². The van der Waals surface area contributed by atoms with Gasteiger partial charge in [0.05, 0.1) is 0 Å². The molecule has 1 fully saturated rings. The summed E-state index contributed by atoms with van der Waals surface area (Å²) in [6.07, 6.45) is 4.97. The second-order valence-corrected chi connectivity index (χ2v) is 6.34. The van der Waals surface area contributed by atoms with Gasteiger partial charge in [-0.3, -0.25) is 0 Å². The zero-order valence-electron chi connectivity index (χ0n) is 11.2. The van der Waals surface area contributed by atoms with Gasteiger partial charge in [0.25, 0.3) is 0 Å². The van der Waals surface area contributed by atoms with Crippen LogP contribution in [-0.2, 0) is 0 Å². The SMILES string of the molecule is CNC1CCC(C(N)c2cc(Br)ccc2C)CC1. The number of aryl methyl sites for hydroxylation is 1. The van der Waals surface area contributed by atoms with Crippen LogP contribution in [0.25, 0.3) is 0 Å². The van der Waals surface area contributed by atoms with Gasteiger partial charge in [-0.1, -0.05) is 22.0 Å². The molecule has 1 unspecified atom stereocenters. The Balaban J connectivity index is 2.07. The van der Waals surface area contributed by atoms with E-state index in [1.54, 1.807) is 0 Å². The highest BCUT2D eigenvalue weighted by Crippen LogP contribution is 2.35. The third-order valence-electron chi connectivity index (χ3n) is 4.29. The molecule has 1 saturated carbocycles. The molecule has 1 aromatic carbocycles. The standard InChI is InChI=1S/C15H23BrN2/c1-10-3-6-12(16)9-14(10)15(17)11-4-7-13(18-2)8-5-11/h3,6,9,11,13,15,18H,4-5,7-8,17H2,1-2H3. The van der Waals surface area contributed by atoms with Crippen molar-refractivity contribution < 1.29 is 0 Å². The van der Waals surface area contributed by atoms with Gasteiger partial charge in [-0.25, -0.2) is 0 Å². The van der Waals surface area contributed by atoms with Crippen LogP contribution >= 0.6 is 15.9 Å². The zero-order valence-corrected chi connectivity index (χ0v) is 12.8. The zero-order chi connectivity index (χ0) is 13.1. The molecule has 1 aliphatic rings. The van der Waals surface area contributed by atoms with E-state index in [1.165, 1.54) is 36.8 Å². The average Bonchev–Trinajstić information content (AvgIpc) is 2.41. The fourth-order valence-electron chi connectivity index (χ4n) is 2.99. The summed E-state index contributed by atoms with van der Waals surface area (Å²) < 4.78 is 1.13. The number of rotatable bonds is 3. The van der Waals surface area contributed by atoms with Crippen LogP contribution in [0.3, 0.4) is 0 Å². The van der Waals surface area contributed by atoms with Crippen molar-refractivity contribution in [2.75, 3.05) is 7.05 Å². The number of nitrogens with two attached hydrogens (primary N) is 1. The molecule has 0 radical (unpaired) electrons. The molecule has 3 N–H and O–H groups in total. The van der Waals surface area contributed by atoms with E-state index in [1.807, 2.05) is 0 Å². The van der Waals surface area contributed by atoms with Gasteiger partial charge in [0.2, 0.25) is 0 Å². The lowest BCUT2D eigenvalue weighted by Gasteiger charge is -2.32. The number of benzene rings is 1. The number of hydrogen-bond donors (Lipinski definition) is 2. The Morgan fingerprint density at radius 3 is 2.56 bits per heavy atom. The van der Waals surface area contributed by atoms with Crippen molar-refractivity contribution in [1.82, 2.24) is 5.32 Å². The van der Waals surface area contributed by atoms with E-state index in [9.17, 15) is 0 Å². The minimum atomic E-state index is 0.181.